The average molecular weight is 324 g/mol. The number of likely N-dealkylation sites (tertiary alicyclic amines) is 1. The number of benzene rings is 1. The Morgan fingerprint density at radius 1 is 1.35 bits per heavy atom. The number of alkyl halides is 2. The number of fused-ring (bicyclic) bond motifs is 1. The summed E-state index contributed by atoms with van der Waals surface area (Å²) in [5.74, 6) is -2.19. The summed E-state index contributed by atoms with van der Waals surface area (Å²) in [6.45, 7) is 0.172. The van der Waals surface area contributed by atoms with Crippen LogP contribution in [0.25, 0.3) is 10.9 Å². The van der Waals surface area contributed by atoms with Gasteiger partial charge in [0, 0.05) is 24.4 Å². The van der Waals surface area contributed by atoms with E-state index in [1.807, 2.05) is 0 Å². The highest BCUT2D eigenvalue weighted by atomic mass is 19.3. The van der Waals surface area contributed by atoms with Crippen LogP contribution in [0.4, 0.5) is 14.6 Å². The molecule has 1 atom stereocenters. The van der Waals surface area contributed by atoms with Crippen LogP contribution in [0.5, 0.6) is 11.8 Å². The monoisotopic (exact) mass is 324 g/mol. The molecule has 1 aromatic heterocycles. The fraction of sp³-hybridized carbons (Fsp3) is 0.467. The highest BCUT2D eigenvalue weighted by Gasteiger charge is 2.45. The van der Waals surface area contributed by atoms with Gasteiger partial charge in [-0.15, -0.1) is 0 Å². The molecular formula is C15H18F2N4O2. The molecule has 0 spiro atoms. The summed E-state index contributed by atoms with van der Waals surface area (Å²) in [4.78, 5) is 9.75. The van der Waals surface area contributed by atoms with Gasteiger partial charge in [0.1, 0.15) is 11.6 Å². The molecule has 3 rings (SSSR count). The van der Waals surface area contributed by atoms with Crippen LogP contribution in [-0.2, 0) is 0 Å². The lowest BCUT2D eigenvalue weighted by molar-refractivity contribution is -0.137. The molecule has 1 aliphatic heterocycles. The van der Waals surface area contributed by atoms with E-state index in [4.69, 9.17) is 15.2 Å². The number of rotatable bonds is 3. The van der Waals surface area contributed by atoms with Crippen LogP contribution >= 0.6 is 0 Å². The fourth-order valence-corrected chi connectivity index (χ4v) is 2.65. The predicted octanol–water partition coefficient (Wildman–Crippen LogP) is 1.94. The maximum Gasteiger partial charge on any atom is 0.319 e. The van der Waals surface area contributed by atoms with E-state index < -0.39 is 12.0 Å². The van der Waals surface area contributed by atoms with E-state index in [0.717, 1.165) is 0 Å². The number of anilines is 1. The topological polar surface area (TPSA) is 73.5 Å². The van der Waals surface area contributed by atoms with Crippen molar-refractivity contribution >= 4 is 16.7 Å². The molecule has 1 aromatic carbocycles. The van der Waals surface area contributed by atoms with Crippen molar-refractivity contribution in [2.75, 3.05) is 33.0 Å². The van der Waals surface area contributed by atoms with Crippen LogP contribution < -0.4 is 15.2 Å². The van der Waals surface area contributed by atoms with Gasteiger partial charge in [0.15, 0.2) is 6.10 Å². The molecule has 8 heteroatoms. The number of hydrogen-bond acceptors (Lipinski definition) is 6. The van der Waals surface area contributed by atoms with Gasteiger partial charge in [-0.3, -0.25) is 0 Å². The molecule has 1 aliphatic rings. The Kier molecular flexibility index (Phi) is 3.93. The van der Waals surface area contributed by atoms with Gasteiger partial charge >= 0.3 is 6.01 Å². The minimum absolute atomic E-state index is 0.141. The van der Waals surface area contributed by atoms with Crippen molar-refractivity contribution in [3.05, 3.63) is 18.2 Å². The number of nitrogens with two attached hydrogens (primary N) is 1. The molecule has 0 aliphatic carbocycles. The molecule has 0 bridgehead atoms. The highest BCUT2D eigenvalue weighted by Crippen LogP contribution is 2.31. The first-order chi connectivity index (χ1) is 10.9. The normalized spacial score (nSPS) is 21.3. The lowest BCUT2D eigenvalue weighted by atomic mass is 10.0. The molecule has 1 saturated heterocycles. The Morgan fingerprint density at radius 2 is 2.13 bits per heavy atom. The van der Waals surface area contributed by atoms with Crippen LogP contribution in [0.15, 0.2) is 18.2 Å². The minimum atomic E-state index is -2.96. The summed E-state index contributed by atoms with van der Waals surface area (Å²) in [5, 5.41) is 0.619. The van der Waals surface area contributed by atoms with Gasteiger partial charge in [-0.25, -0.2) is 8.78 Å². The Balaban J connectivity index is 1.91. The van der Waals surface area contributed by atoms with Crippen molar-refractivity contribution in [1.82, 2.24) is 14.9 Å². The van der Waals surface area contributed by atoms with Gasteiger partial charge in [-0.05, 0) is 19.2 Å². The summed E-state index contributed by atoms with van der Waals surface area (Å²) in [5.41, 5.74) is 6.36. The van der Waals surface area contributed by atoms with Crippen LogP contribution in [0.2, 0.25) is 0 Å². The van der Waals surface area contributed by atoms with Gasteiger partial charge in [-0.1, -0.05) is 0 Å². The SMILES string of the molecule is COc1ccc2c(N)nc(OC3CCN(C)CC3(F)F)nc2c1. The zero-order valence-corrected chi connectivity index (χ0v) is 12.9. The van der Waals surface area contributed by atoms with Gasteiger partial charge in [0.05, 0.1) is 19.2 Å². The lowest BCUT2D eigenvalue weighted by Crippen LogP contribution is -2.52. The van der Waals surface area contributed by atoms with Gasteiger partial charge in [-0.2, -0.15) is 9.97 Å². The quantitative estimate of drug-likeness (QED) is 0.930. The van der Waals surface area contributed by atoms with Crippen molar-refractivity contribution in [2.45, 2.75) is 18.4 Å². The van der Waals surface area contributed by atoms with E-state index in [1.54, 1.807) is 30.1 Å². The van der Waals surface area contributed by atoms with Gasteiger partial charge in [0.2, 0.25) is 0 Å². The van der Waals surface area contributed by atoms with Gasteiger partial charge < -0.3 is 20.1 Å². The van der Waals surface area contributed by atoms with E-state index in [0.29, 0.717) is 23.2 Å². The number of ether oxygens (including phenoxy) is 2. The van der Waals surface area contributed by atoms with E-state index >= 15 is 0 Å². The first kappa shape index (κ1) is 15.7. The molecule has 2 aromatic rings. The third-order valence-corrected chi connectivity index (χ3v) is 3.89. The molecule has 1 unspecified atom stereocenters. The second-order valence-corrected chi connectivity index (χ2v) is 5.67. The Labute approximate surface area is 132 Å². The highest BCUT2D eigenvalue weighted by molar-refractivity contribution is 5.89. The summed E-state index contributed by atoms with van der Waals surface area (Å²) >= 11 is 0. The second kappa shape index (κ2) is 5.77. The van der Waals surface area contributed by atoms with E-state index in [2.05, 4.69) is 9.97 Å². The van der Waals surface area contributed by atoms with E-state index in [1.165, 1.54) is 7.11 Å². The summed E-state index contributed by atoms with van der Waals surface area (Å²) in [6, 6.07) is 4.97. The first-order valence-corrected chi connectivity index (χ1v) is 7.23. The molecular weight excluding hydrogens is 306 g/mol. The van der Waals surface area contributed by atoms with E-state index in [-0.39, 0.29) is 24.8 Å². The molecule has 2 heterocycles. The molecule has 0 amide bonds. The predicted molar refractivity (Wildman–Crippen MR) is 82.0 cm³/mol. The molecule has 1 fully saturated rings. The van der Waals surface area contributed by atoms with Crippen molar-refractivity contribution in [1.29, 1.82) is 0 Å². The zero-order chi connectivity index (χ0) is 16.6. The van der Waals surface area contributed by atoms with Gasteiger partial charge in [0.25, 0.3) is 5.92 Å². The number of hydrogen-bond donors (Lipinski definition) is 1. The summed E-state index contributed by atoms with van der Waals surface area (Å²) < 4.78 is 38.6. The van der Waals surface area contributed by atoms with Crippen molar-refractivity contribution in [3.8, 4) is 11.8 Å². The maximum atomic E-state index is 14.1. The summed E-state index contributed by atoms with van der Waals surface area (Å²) in [7, 11) is 3.18. The smallest absolute Gasteiger partial charge is 0.319 e. The van der Waals surface area contributed by atoms with Crippen molar-refractivity contribution in [2.24, 2.45) is 0 Å². The molecule has 0 radical (unpaired) electrons. The Morgan fingerprint density at radius 3 is 2.83 bits per heavy atom. The molecule has 124 valence electrons. The van der Waals surface area contributed by atoms with Crippen molar-refractivity contribution < 1.29 is 18.3 Å². The van der Waals surface area contributed by atoms with Crippen LogP contribution in [0.3, 0.4) is 0 Å². The number of halogens is 2. The van der Waals surface area contributed by atoms with Crippen LogP contribution in [0.1, 0.15) is 6.42 Å². The standard InChI is InChI=1S/C15H18F2N4O2/c1-21-6-5-12(15(16,17)8-21)23-14-19-11-7-9(22-2)3-4-10(11)13(18)20-14/h3-4,7,12H,5-6,8H2,1-2H3,(H2,18,19,20). The fourth-order valence-electron chi connectivity index (χ4n) is 2.65. The number of nitrogen functional groups attached to an aromatic ring is 1. The average Bonchev–Trinajstić information content (AvgIpc) is 2.49. The third-order valence-electron chi connectivity index (χ3n) is 3.89. The molecule has 6 nitrogen and oxygen atoms in total. The second-order valence-electron chi connectivity index (χ2n) is 5.67. The Bertz CT molecular complexity index is 726. The van der Waals surface area contributed by atoms with Crippen molar-refractivity contribution in [3.63, 3.8) is 0 Å². The maximum absolute atomic E-state index is 14.1. The lowest BCUT2D eigenvalue weighted by Gasteiger charge is -2.35. The molecule has 23 heavy (non-hydrogen) atoms. The first-order valence-electron chi connectivity index (χ1n) is 7.23. The van der Waals surface area contributed by atoms with Crippen LogP contribution in [0, 0.1) is 0 Å². The third kappa shape index (κ3) is 3.12. The zero-order valence-electron chi connectivity index (χ0n) is 12.9. The Hall–Kier alpha value is -2.22. The largest absolute Gasteiger partial charge is 0.497 e. The van der Waals surface area contributed by atoms with Crippen LogP contribution in [-0.4, -0.2) is 54.1 Å². The number of nitrogens with zero attached hydrogens (tertiary/aromatic N) is 3. The number of aromatic nitrogens is 2. The van der Waals surface area contributed by atoms with E-state index in [9.17, 15) is 8.78 Å². The molecule has 0 saturated carbocycles. The summed E-state index contributed by atoms with van der Waals surface area (Å²) in [6.07, 6.45) is -1.07. The number of piperidine rings is 1. The number of methoxy groups -OCH3 is 1. The molecule has 2 N–H and O–H groups in total. The minimum Gasteiger partial charge on any atom is -0.497 e.